The van der Waals surface area contributed by atoms with Gasteiger partial charge in [0, 0.05) is 48.8 Å². The van der Waals surface area contributed by atoms with Crippen molar-refractivity contribution in [1.29, 1.82) is 0 Å². The molecule has 12 heavy (non-hydrogen) atoms. The van der Waals surface area contributed by atoms with Crippen LogP contribution in [0.5, 0.6) is 0 Å². The Morgan fingerprint density at radius 2 is 1.42 bits per heavy atom. The van der Waals surface area contributed by atoms with Crippen LogP contribution in [0, 0.1) is 24.7 Å². The van der Waals surface area contributed by atoms with Crippen LogP contribution in [0.3, 0.4) is 0 Å². The predicted octanol–water partition coefficient (Wildman–Crippen LogP) is 2.47. The molecule has 0 amide bonds. The fourth-order valence-electron chi connectivity index (χ4n) is 0.817. The summed E-state index contributed by atoms with van der Waals surface area (Å²) in [5, 5.41) is 0. The molecule has 0 saturated carbocycles. The van der Waals surface area contributed by atoms with Crippen LogP contribution in [0.25, 0.3) is 0 Å². The lowest BCUT2D eigenvalue weighted by Gasteiger charge is -2.11. The summed E-state index contributed by atoms with van der Waals surface area (Å²) in [7, 11) is 0. The Morgan fingerprint density at radius 1 is 1.00 bits per heavy atom. The maximum absolute atomic E-state index is 5.14. The van der Waals surface area contributed by atoms with Crippen LogP contribution in [-0.2, 0) is 0 Å². The van der Waals surface area contributed by atoms with Gasteiger partial charge in [-0.05, 0) is 12.8 Å². The Hall–Kier alpha value is -0.190. The van der Waals surface area contributed by atoms with Crippen molar-refractivity contribution < 1.29 is 0 Å². The highest BCUT2D eigenvalue weighted by Gasteiger charge is 1.97. The smallest absolute Gasteiger partial charge is 0.0201 e. The Bertz CT molecular complexity index is 155. The van der Waals surface area contributed by atoms with Gasteiger partial charge in [0.25, 0.3) is 0 Å². The van der Waals surface area contributed by atoms with Crippen LogP contribution >= 0.6 is 22.9 Å². The molecule has 0 aliphatic rings. The first-order chi connectivity index (χ1) is 5.81. The van der Waals surface area contributed by atoms with Gasteiger partial charge in [-0.2, -0.15) is 0 Å². The highest BCUT2D eigenvalue weighted by atomic mass is 127. The van der Waals surface area contributed by atoms with E-state index < -0.39 is 0 Å². The molecule has 0 unspecified atom stereocenters. The molecular formula is C10H14IN. The van der Waals surface area contributed by atoms with Gasteiger partial charge in [-0.3, -0.25) is 0 Å². The lowest BCUT2D eigenvalue weighted by atomic mass is 10.3. The molecule has 0 aromatic heterocycles. The van der Waals surface area contributed by atoms with E-state index in [9.17, 15) is 0 Å². The highest BCUT2D eigenvalue weighted by molar-refractivity contribution is 14.1. The molecular weight excluding hydrogens is 261 g/mol. The molecule has 0 bridgehead atoms. The maximum atomic E-state index is 5.14. The third-order valence-corrected chi connectivity index (χ3v) is 2.41. The molecule has 0 heterocycles. The Kier molecular flexibility index (Phi) is 8.76. The number of hydrogen-bond acceptors (Lipinski definition) is 1. The molecule has 0 aromatic rings. The largest absolute Gasteiger partial charge is 0.247 e. The van der Waals surface area contributed by atoms with E-state index >= 15 is 0 Å². The number of hydrogen-bond donors (Lipinski definition) is 0. The van der Waals surface area contributed by atoms with Gasteiger partial charge >= 0.3 is 0 Å². The van der Waals surface area contributed by atoms with Crippen molar-refractivity contribution in [3.63, 3.8) is 0 Å². The van der Waals surface area contributed by atoms with E-state index in [1.807, 2.05) is 0 Å². The average molecular weight is 275 g/mol. The zero-order chi connectivity index (χ0) is 9.23. The molecule has 2 heteroatoms. The summed E-state index contributed by atoms with van der Waals surface area (Å²) in [4.78, 5) is 0. The first-order valence-electron chi connectivity index (χ1n) is 4.09. The number of unbranched alkanes of at least 4 members (excludes halogenated alkanes) is 2. The van der Waals surface area contributed by atoms with Gasteiger partial charge in [0.2, 0.25) is 0 Å². The van der Waals surface area contributed by atoms with Crippen molar-refractivity contribution >= 4 is 22.9 Å². The second-order valence-corrected chi connectivity index (χ2v) is 3.89. The summed E-state index contributed by atoms with van der Waals surface area (Å²) >= 11 is 2.32. The minimum atomic E-state index is 0.870. The third-order valence-electron chi connectivity index (χ3n) is 1.44. The molecule has 0 atom stereocenters. The monoisotopic (exact) mass is 275 g/mol. The van der Waals surface area contributed by atoms with E-state index in [-0.39, 0.29) is 0 Å². The van der Waals surface area contributed by atoms with E-state index in [4.69, 9.17) is 12.8 Å². The third kappa shape index (κ3) is 7.91. The van der Waals surface area contributed by atoms with Crippen LogP contribution in [0.4, 0.5) is 0 Å². The van der Waals surface area contributed by atoms with Gasteiger partial charge in [-0.15, -0.1) is 24.7 Å². The average Bonchev–Trinajstić information content (AvgIpc) is 2.06. The van der Waals surface area contributed by atoms with Gasteiger partial charge in [-0.25, -0.2) is 3.11 Å². The summed E-state index contributed by atoms with van der Waals surface area (Å²) < 4.78 is 2.24. The van der Waals surface area contributed by atoms with Gasteiger partial charge in [0.15, 0.2) is 0 Å². The Morgan fingerprint density at radius 3 is 1.75 bits per heavy atom. The van der Waals surface area contributed by atoms with Crippen molar-refractivity contribution in [3.8, 4) is 24.7 Å². The van der Waals surface area contributed by atoms with Crippen molar-refractivity contribution in [2.75, 3.05) is 13.1 Å². The summed E-state index contributed by atoms with van der Waals surface area (Å²) in [6.07, 6.45) is 14.2. The molecule has 0 aliphatic carbocycles. The van der Waals surface area contributed by atoms with Gasteiger partial charge in [-0.1, -0.05) is 0 Å². The molecule has 1 nitrogen and oxygen atoms in total. The second kappa shape index (κ2) is 8.90. The first-order valence-corrected chi connectivity index (χ1v) is 5.05. The second-order valence-electron chi connectivity index (χ2n) is 2.53. The molecule has 0 rings (SSSR count). The first kappa shape index (κ1) is 11.8. The van der Waals surface area contributed by atoms with E-state index in [0.717, 1.165) is 38.8 Å². The van der Waals surface area contributed by atoms with Crippen LogP contribution < -0.4 is 0 Å². The SMILES string of the molecule is C#CCCCN(I)CCCC#C. The highest BCUT2D eigenvalue weighted by Crippen LogP contribution is 2.04. The molecule has 0 aromatic carbocycles. The fraction of sp³-hybridized carbons (Fsp3) is 0.600. The normalized spacial score (nSPS) is 9.33. The summed E-state index contributed by atoms with van der Waals surface area (Å²) in [5.74, 6) is 5.26. The standard InChI is InChI=1S/C10H14IN/c1-3-5-7-9-12(11)10-8-6-4-2/h1-2H,5-10H2. The topological polar surface area (TPSA) is 3.24 Å². The van der Waals surface area contributed by atoms with Crippen LogP contribution in [0.1, 0.15) is 25.7 Å². The van der Waals surface area contributed by atoms with Gasteiger partial charge in [0.05, 0.1) is 0 Å². The quantitative estimate of drug-likeness (QED) is 0.311. The molecule has 66 valence electrons. The van der Waals surface area contributed by atoms with E-state index in [1.54, 1.807) is 0 Å². The van der Waals surface area contributed by atoms with Crippen molar-refractivity contribution in [3.05, 3.63) is 0 Å². The van der Waals surface area contributed by atoms with Crippen LogP contribution in [-0.4, -0.2) is 16.2 Å². The minimum absolute atomic E-state index is 0.870. The molecule has 0 saturated heterocycles. The van der Waals surface area contributed by atoms with Crippen LogP contribution in [0.2, 0.25) is 0 Å². The number of halogens is 1. The summed E-state index contributed by atoms with van der Waals surface area (Å²) in [6.45, 7) is 2.13. The zero-order valence-electron chi connectivity index (χ0n) is 7.22. The lowest BCUT2D eigenvalue weighted by molar-refractivity contribution is 0.489. The zero-order valence-corrected chi connectivity index (χ0v) is 9.38. The van der Waals surface area contributed by atoms with E-state index in [1.165, 1.54) is 0 Å². The summed E-state index contributed by atoms with van der Waals surface area (Å²) in [5.41, 5.74) is 0. The van der Waals surface area contributed by atoms with Crippen LogP contribution in [0.15, 0.2) is 0 Å². The van der Waals surface area contributed by atoms with Gasteiger partial charge < -0.3 is 0 Å². The number of rotatable bonds is 6. The molecule has 0 N–H and O–H groups in total. The molecule has 0 spiro atoms. The van der Waals surface area contributed by atoms with Crippen molar-refractivity contribution in [1.82, 2.24) is 3.11 Å². The summed E-state index contributed by atoms with van der Waals surface area (Å²) in [6, 6.07) is 0. The molecule has 0 fully saturated rings. The van der Waals surface area contributed by atoms with E-state index in [0.29, 0.717) is 0 Å². The Balaban J connectivity index is 3.18. The van der Waals surface area contributed by atoms with E-state index in [2.05, 4.69) is 37.8 Å². The Labute approximate surface area is 89.4 Å². The van der Waals surface area contributed by atoms with Crippen molar-refractivity contribution in [2.24, 2.45) is 0 Å². The predicted molar refractivity (Wildman–Crippen MR) is 61.7 cm³/mol. The molecule has 0 aliphatic heterocycles. The lowest BCUT2D eigenvalue weighted by Crippen LogP contribution is -2.13. The van der Waals surface area contributed by atoms with Crippen molar-refractivity contribution in [2.45, 2.75) is 25.7 Å². The number of terminal acetylenes is 2. The van der Waals surface area contributed by atoms with Gasteiger partial charge in [0.1, 0.15) is 0 Å². The minimum Gasteiger partial charge on any atom is -0.247 e. The number of nitrogens with zero attached hydrogens (tertiary/aromatic N) is 1. The fourth-order valence-corrected chi connectivity index (χ4v) is 1.50. The molecule has 0 radical (unpaired) electrons. The maximum Gasteiger partial charge on any atom is 0.0201 e.